The summed E-state index contributed by atoms with van der Waals surface area (Å²) in [6, 6.07) is 8.82. The van der Waals surface area contributed by atoms with Gasteiger partial charge in [0.1, 0.15) is 0 Å². The van der Waals surface area contributed by atoms with E-state index in [-0.39, 0.29) is 5.91 Å². The summed E-state index contributed by atoms with van der Waals surface area (Å²) in [5.41, 5.74) is 5.53. The van der Waals surface area contributed by atoms with E-state index < -0.39 is 0 Å². The van der Waals surface area contributed by atoms with Crippen LogP contribution in [0.3, 0.4) is 0 Å². The van der Waals surface area contributed by atoms with Crippen LogP contribution >= 0.6 is 0 Å². The van der Waals surface area contributed by atoms with E-state index in [4.69, 9.17) is 0 Å². The van der Waals surface area contributed by atoms with E-state index in [1.807, 2.05) is 17.7 Å². The maximum absolute atomic E-state index is 12.6. The maximum Gasteiger partial charge on any atom is 0.224 e. The molecule has 0 saturated carbocycles. The summed E-state index contributed by atoms with van der Waals surface area (Å²) in [5, 5.41) is 7.72. The van der Waals surface area contributed by atoms with E-state index in [9.17, 15) is 4.79 Å². The number of carbonyl (C=O) groups is 1. The molecular weight excluding hydrogens is 348 g/mol. The second-order valence-corrected chi connectivity index (χ2v) is 8.46. The van der Waals surface area contributed by atoms with Crippen LogP contribution in [0, 0.1) is 19.8 Å². The minimum atomic E-state index is 0.0438. The van der Waals surface area contributed by atoms with Gasteiger partial charge in [0.15, 0.2) is 0 Å². The van der Waals surface area contributed by atoms with Crippen LogP contribution in [0.4, 0.5) is 0 Å². The Morgan fingerprint density at radius 3 is 2.39 bits per heavy atom. The molecule has 1 N–H and O–H groups in total. The zero-order valence-electron chi connectivity index (χ0n) is 18.5. The van der Waals surface area contributed by atoms with Gasteiger partial charge in [-0.15, -0.1) is 0 Å². The minimum absolute atomic E-state index is 0.0438. The smallest absolute Gasteiger partial charge is 0.224 e. The molecule has 0 radical (unpaired) electrons. The Morgan fingerprint density at radius 2 is 1.79 bits per heavy atom. The highest BCUT2D eigenvalue weighted by atomic mass is 16.1. The Kier molecular flexibility index (Phi) is 7.81. The van der Waals surface area contributed by atoms with Crippen LogP contribution in [-0.2, 0) is 30.8 Å². The van der Waals surface area contributed by atoms with E-state index in [1.54, 1.807) is 0 Å². The monoisotopic (exact) mass is 384 g/mol. The van der Waals surface area contributed by atoms with Crippen LogP contribution in [0.15, 0.2) is 24.3 Å². The average molecular weight is 385 g/mol. The first-order chi connectivity index (χ1) is 13.2. The Bertz CT molecular complexity index is 792. The summed E-state index contributed by atoms with van der Waals surface area (Å²) in [7, 11) is 2.13. The van der Waals surface area contributed by atoms with E-state index in [0.29, 0.717) is 24.9 Å². The van der Waals surface area contributed by atoms with Crippen molar-refractivity contribution in [3.05, 3.63) is 52.3 Å². The zero-order valence-corrected chi connectivity index (χ0v) is 18.5. The summed E-state index contributed by atoms with van der Waals surface area (Å²) < 4.78 is 2.03. The molecule has 0 atom stereocenters. The Morgan fingerprint density at radius 1 is 1.14 bits per heavy atom. The highest BCUT2D eigenvalue weighted by Gasteiger charge is 2.16. The zero-order chi connectivity index (χ0) is 20.8. The fourth-order valence-electron chi connectivity index (χ4n) is 3.27. The van der Waals surface area contributed by atoms with Gasteiger partial charge in [0.2, 0.25) is 5.91 Å². The molecule has 5 nitrogen and oxygen atoms in total. The Labute approximate surface area is 170 Å². The Hall–Kier alpha value is -2.14. The third-order valence-corrected chi connectivity index (χ3v) is 5.30. The quantitative estimate of drug-likeness (QED) is 0.714. The molecule has 28 heavy (non-hydrogen) atoms. The van der Waals surface area contributed by atoms with Crippen molar-refractivity contribution in [2.45, 2.75) is 73.6 Å². The van der Waals surface area contributed by atoms with Crippen molar-refractivity contribution in [3.8, 4) is 0 Å². The van der Waals surface area contributed by atoms with Gasteiger partial charge in [-0.2, -0.15) is 5.10 Å². The van der Waals surface area contributed by atoms with Crippen LogP contribution in [0.2, 0.25) is 0 Å². The third-order valence-electron chi connectivity index (χ3n) is 5.30. The van der Waals surface area contributed by atoms with Gasteiger partial charge < -0.3 is 5.32 Å². The molecule has 2 aromatic rings. The lowest BCUT2D eigenvalue weighted by molar-refractivity contribution is -0.120. The number of aryl methyl sites for hydroxylation is 1. The van der Waals surface area contributed by atoms with E-state index in [2.05, 4.69) is 75.2 Å². The molecule has 0 aliphatic heterocycles. The lowest BCUT2D eigenvalue weighted by Crippen LogP contribution is -2.28. The SMILES string of the molecule is Cc1nn(CC(C)C)c(C)c1CC(=O)NCc1ccccc1CN(C)C(C)C. The van der Waals surface area contributed by atoms with Crippen LogP contribution < -0.4 is 5.32 Å². The van der Waals surface area contributed by atoms with Crippen LogP contribution in [-0.4, -0.2) is 33.7 Å². The number of rotatable bonds is 9. The first-order valence-electron chi connectivity index (χ1n) is 10.3. The molecule has 0 spiro atoms. The lowest BCUT2D eigenvalue weighted by Gasteiger charge is -2.22. The summed E-state index contributed by atoms with van der Waals surface area (Å²) in [4.78, 5) is 14.9. The highest BCUT2D eigenvalue weighted by Crippen LogP contribution is 2.16. The van der Waals surface area contributed by atoms with Crippen molar-refractivity contribution in [2.75, 3.05) is 7.05 Å². The molecule has 0 aliphatic carbocycles. The molecule has 154 valence electrons. The fraction of sp³-hybridized carbons (Fsp3) is 0.565. The Balaban J connectivity index is 2.01. The number of nitrogens with one attached hydrogen (secondary N) is 1. The number of nitrogens with zero attached hydrogens (tertiary/aromatic N) is 3. The molecule has 1 amide bonds. The van der Waals surface area contributed by atoms with Gasteiger partial charge in [0.25, 0.3) is 0 Å². The van der Waals surface area contributed by atoms with Crippen molar-refractivity contribution in [2.24, 2.45) is 5.92 Å². The molecule has 0 unspecified atom stereocenters. The van der Waals surface area contributed by atoms with Gasteiger partial charge >= 0.3 is 0 Å². The molecular formula is C23H36N4O. The number of amides is 1. The number of benzene rings is 1. The normalized spacial score (nSPS) is 11.6. The van der Waals surface area contributed by atoms with Crippen LogP contribution in [0.5, 0.6) is 0 Å². The van der Waals surface area contributed by atoms with Gasteiger partial charge in [0, 0.05) is 36.9 Å². The van der Waals surface area contributed by atoms with Crippen molar-refractivity contribution in [1.82, 2.24) is 20.0 Å². The van der Waals surface area contributed by atoms with Crippen LogP contribution in [0.25, 0.3) is 0 Å². The molecule has 2 rings (SSSR count). The predicted octanol–water partition coefficient (Wildman–Crippen LogP) is 3.86. The maximum atomic E-state index is 12.6. The van der Waals surface area contributed by atoms with Gasteiger partial charge in [-0.05, 0) is 51.8 Å². The lowest BCUT2D eigenvalue weighted by atomic mass is 10.1. The van der Waals surface area contributed by atoms with Crippen molar-refractivity contribution in [3.63, 3.8) is 0 Å². The summed E-state index contributed by atoms with van der Waals surface area (Å²) in [5.74, 6) is 0.572. The first kappa shape index (κ1) is 22.2. The molecule has 1 heterocycles. The second-order valence-electron chi connectivity index (χ2n) is 8.46. The van der Waals surface area contributed by atoms with E-state index in [1.165, 1.54) is 11.1 Å². The number of hydrogen-bond donors (Lipinski definition) is 1. The van der Waals surface area contributed by atoms with E-state index in [0.717, 1.165) is 30.0 Å². The van der Waals surface area contributed by atoms with Crippen molar-refractivity contribution >= 4 is 5.91 Å². The van der Waals surface area contributed by atoms with E-state index >= 15 is 0 Å². The summed E-state index contributed by atoms with van der Waals surface area (Å²) in [6.07, 6.45) is 0.379. The molecule has 1 aromatic heterocycles. The van der Waals surface area contributed by atoms with Crippen molar-refractivity contribution in [1.29, 1.82) is 0 Å². The van der Waals surface area contributed by atoms with Crippen LogP contribution in [0.1, 0.15) is 55.8 Å². The standard InChI is InChI=1S/C23H36N4O/c1-16(2)14-27-19(6)22(18(5)25-27)12-23(28)24-13-20-10-8-9-11-21(20)15-26(7)17(3)4/h8-11,16-17H,12-15H2,1-7H3,(H,24,28). The fourth-order valence-corrected chi connectivity index (χ4v) is 3.27. The minimum Gasteiger partial charge on any atom is -0.352 e. The topological polar surface area (TPSA) is 50.2 Å². The largest absolute Gasteiger partial charge is 0.352 e. The van der Waals surface area contributed by atoms with Gasteiger partial charge in [-0.1, -0.05) is 38.1 Å². The predicted molar refractivity (Wildman–Crippen MR) is 115 cm³/mol. The molecule has 0 aliphatic rings. The molecule has 0 saturated heterocycles. The van der Waals surface area contributed by atoms with Gasteiger partial charge in [0.05, 0.1) is 12.1 Å². The molecule has 0 bridgehead atoms. The van der Waals surface area contributed by atoms with Gasteiger partial charge in [-0.3, -0.25) is 14.4 Å². The number of carbonyl (C=O) groups excluding carboxylic acids is 1. The molecule has 1 aromatic carbocycles. The first-order valence-corrected chi connectivity index (χ1v) is 10.3. The highest BCUT2D eigenvalue weighted by molar-refractivity contribution is 5.79. The summed E-state index contributed by atoms with van der Waals surface area (Å²) >= 11 is 0. The van der Waals surface area contributed by atoms with Gasteiger partial charge in [-0.25, -0.2) is 0 Å². The summed E-state index contributed by atoms with van der Waals surface area (Å²) in [6.45, 7) is 15.1. The molecule has 5 heteroatoms. The third kappa shape index (κ3) is 5.93. The van der Waals surface area contributed by atoms with Crippen molar-refractivity contribution < 1.29 is 4.79 Å². The average Bonchev–Trinajstić information content (AvgIpc) is 2.87. The second kappa shape index (κ2) is 9.87. The number of hydrogen-bond acceptors (Lipinski definition) is 3. The number of aromatic nitrogens is 2. The molecule has 0 fully saturated rings.